The van der Waals surface area contributed by atoms with Crippen LogP contribution < -0.4 is 0 Å². The van der Waals surface area contributed by atoms with Crippen molar-refractivity contribution in [3.05, 3.63) is 0 Å². The molecule has 0 fully saturated rings. The molecule has 0 aromatic heterocycles. The summed E-state index contributed by atoms with van der Waals surface area (Å²) in [5.41, 5.74) is 0. The van der Waals surface area contributed by atoms with Crippen LogP contribution in [0.15, 0.2) is 0 Å². The van der Waals surface area contributed by atoms with Gasteiger partial charge < -0.3 is 9.79 Å². The third-order valence-corrected chi connectivity index (χ3v) is 0.809. The van der Waals surface area contributed by atoms with Crippen molar-refractivity contribution in [2.45, 2.75) is 0 Å². The minimum absolute atomic E-state index is 0. The van der Waals surface area contributed by atoms with Crippen LogP contribution in [0.4, 0.5) is 0 Å². The van der Waals surface area contributed by atoms with Crippen molar-refractivity contribution in [1.29, 1.82) is 0 Å². The molecule has 0 aliphatic carbocycles. The van der Waals surface area contributed by atoms with Crippen LogP contribution in [0.25, 0.3) is 0 Å². The van der Waals surface area contributed by atoms with E-state index in [4.69, 9.17) is 9.79 Å². The first kappa shape index (κ1) is 13.3. The third-order valence-electron chi connectivity index (χ3n) is 0.270. The van der Waals surface area contributed by atoms with Crippen LogP contribution in [0.1, 0.15) is 0 Å². The molecule has 0 atom stereocenters. The summed E-state index contributed by atoms with van der Waals surface area (Å²) in [6.07, 6.45) is 0. The van der Waals surface area contributed by atoms with E-state index >= 15 is 0 Å². The molecule has 0 aliphatic rings. The normalized spacial score (nSPS) is 11.2. The SMILES string of the molecule is CN(C)OP(=O)(O)O.[KH]. The van der Waals surface area contributed by atoms with Gasteiger partial charge in [-0.2, -0.15) is 9.69 Å². The second-order valence-electron chi connectivity index (χ2n) is 1.38. The predicted molar refractivity (Wildman–Crippen MR) is 34.0 cm³/mol. The standard InChI is InChI=1S/C2H8NO4P.K.H/c1-3(2)7-8(4,5)6;;/h1-2H3,(H2,4,5,6);;. The molecule has 0 aromatic carbocycles. The van der Waals surface area contributed by atoms with E-state index in [9.17, 15) is 4.57 Å². The van der Waals surface area contributed by atoms with E-state index < -0.39 is 7.82 Å². The van der Waals surface area contributed by atoms with Gasteiger partial charge in [-0.3, -0.25) is 0 Å². The Morgan fingerprint density at radius 2 is 1.78 bits per heavy atom. The van der Waals surface area contributed by atoms with Gasteiger partial charge in [-0.15, -0.1) is 0 Å². The van der Waals surface area contributed by atoms with Crippen LogP contribution in [0, 0.1) is 0 Å². The van der Waals surface area contributed by atoms with Gasteiger partial charge in [0, 0.05) is 14.1 Å². The molecular weight excluding hydrogens is 172 g/mol. The number of hydrogen-bond acceptors (Lipinski definition) is 3. The van der Waals surface area contributed by atoms with E-state index in [2.05, 4.69) is 4.62 Å². The fraction of sp³-hybridized carbons (Fsp3) is 1.00. The summed E-state index contributed by atoms with van der Waals surface area (Å²) < 4.78 is 13.8. The number of hydroxylamine groups is 2. The molecule has 0 spiro atoms. The van der Waals surface area contributed by atoms with Gasteiger partial charge in [-0.1, -0.05) is 0 Å². The predicted octanol–water partition coefficient (Wildman–Crippen LogP) is -1.08. The van der Waals surface area contributed by atoms with Crippen LogP contribution in [0.5, 0.6) is 0 Å². The van der Waals surface area contributed by atoms with E-state index in [0.29, 0.717) is 0 Å². The van der Waals surface area contributed by atoms with Crippen LogP contribution in [-0.4, -0.2) is 80.3 Å². The van der Waals surface area contributed by atoms with Gasteiger partial charge in [-0.25, -0.2) is 4.57 Å². The van der Waals surface area contributed by atoms with Gasteiger partial charge in [0.1, 0.15) is 0 Å². The van der Waals surface area contributed by atoms with Crippen LogP contribution in [0.2, 0.25) is 0 Å². The van der Waals surface area contributed by atoms with Crippen molar-refractivity contribution < 1.29 is 19.0 Å². The summed E-state index contributed by atoms with van der Waals surface area (Å²) in [7, 11) is -1.52. The summed E-state index contributed by atoms with van der Waals surface area (Å²) in [6, 6.07) is 0. The number of hydrogen-bond donors (Lipinski definition) is 2. The van der Waals surface area contributed by atoms with Gasteiger partial charge >= 0.3 is 59.2 Å². The van der Waals surface area contributed by atoms with E-state index in [0.717, 1.165) is 5.06 Å². The molecule has 0 aromatic rings. The van der Waals surface area contributed by atoms with E-state index in [1.807, 2.05) is 0 Å². The van der Waals surface area contributed by atoms with Gasteiger partial charge in [0.25, 0.3) is 0 Å². The molecule has 0 saturated carbocycles. The summed E-state index contributed by atoms with van der Waals surface area (Å²) in [6.45, 7) is 0. The summed E-state index contributed by atoms with van der Waals surface area (Å²) >= 11 is 0. The Hall–Kier alpha value is 1.71. The van der Waals surface area contributed by atoms with E-state index in [1.54, 1.807) is 0 Å². The van der Waals surface area contributed by atoms with Crippen LogP contribution in [-0.2, 0) is 9.19 Å². The van der Waals surface area contributed by atoms with Crippen molar-refractivity contribution in [2.24, 2.45) is 0 Å². The zero-order valence-corrected chi connectivity index (χ0v) is 5.50. The van der Waals surface area contributed by atoms with Crippen LogP contribution in [0.3, 0.4) is 0 Å². The third kappa shape index (κ3) is 12.8. The quantitative estimate of drug-likeness (QED) is 0.322. The fourth-order valence-corrected chi connectivity index (χ4v) is 0.638. The fourth-order valence-electron chi connectivity index (χ4n) is 0.213. The van der Waals surface area contributed by atoms with Crippen molar-refractivity contribution in [2.75, 3.05) is 14.1 Å². The van der Waals surface area contributed by atoms with Gasteiger partial charge in [0.05, 0.1) is 0 Å². The molecule has 0 heterocycles. The van der Waals surface area contributed by atoms with Gasteiger partial charge in [-0.05, 0) is 0 Å². The molecule has 0 bridgehead atoms. The monoisotopic (exact) mass is 181 g/mol. The summed E-state index contributed by atoms with van der Waals surface area (Å²) in [5.74, 6) is 0. The Labute approximate surface area is 96.0 Å². The Bertz CT molecular complexity index is 111. The number of rotatable bonds is 2. The zero-order chi connectivity index (χ0) is 6.78. The molecule has 0 saturated heterocycles. The van der Waals surface area contributed by atoms with E-state index in [1.165, 1.54) is 14.1 Å². The topological polar surface area (TPSA) is 70.0 Å². The first-order valence-corrected chi connectivity index (χ1v) is 3.37. The molecule has 0 amide bonds. The molecule has 0 radical (unpaired) electrons. The Balaban J connectivity index is 0. The Morgan fingerprint density at radius 1 is 1.44 bits per heavy atom. The number of nitrogens with zero attached hydrogens (tertiary/aromatic N) is 1. The maximum atomic E-state index is 9.87. The molecule has 5 nitrogen and oxygen atoms in total. The Morgan fingerprint density at radius 3 is 1.78 bits per heavy atom. The molecule has 0 unspecified atom stereocenters. The Kier molecular flexibility index (Phi) is 7.94. The second kappa shape index (κ2) is 5.37. The zero-order valence-electron chi connectivity index (χ0n) is 4.61. The average Bonchev–Trinajstić information content (AvgIpc) is 1.21. The average molecular weight is 181 g/mol. The molecule has 52 valence electrons. The first-order valence-electron chi connectivity index (χ1n) is 1.84. The van der Waals surface area contributed by atoms with Gasteiger partial charge in [0.2, 0.25) is 0 Å². The van der Waals surface area contributed by atoms with Crippen LogP contribution >= 0.6 is 7.82 Å². The molecule has 0 rings (SSSR count). The maximum absolute atomic E-state index is 9.87. The summed E-state index contributed by atoms with van der Waals surface area (Å²) in [4.78, 5) is 16.1. The molecule has 2 N–H and O–H groups in total. The van der Waals surface area contributed by atoms with Crippen molar-refractivity contribution in [3.8, 4) is 0 Å². The van der Waals surface area contributed by atoms with Crippen molar-refractivity contribution in [1.82, 2.24) is 5.06 Å². The first-order chi connectivity index (χ1) is 3.42. The second-order valence-corrected chi connectivity index (χ2v) is 2.53. The van der Waals surface area contributed by atoms with E-state index in [-0.39, 0.29) is 51.4 Å². The van der Waals surface area contributed by atoms with Gasteiger partial charge in [0.15, 0.2) is 0 Å². The molecule has 9 heavy (non-hydrogen) atoms. The molecule has 0 aliphatic heterocycles. The molecular formula is C2H9KNO4P. The molecule has 7 heteroatoms. The minimum atomic E-state index is -4.30. The number of phosphoric acid groups is 1. The van der Waals surface area contributed by atoms with Crippen molar-refractivity contribution in [3.63, 3.8) is 0 Å². The van der Waals surface area contributed by atoms with Crippen molar-refractivity contribution >= 4 is 59.2 Å². The summed E-state index contributed by atoms with van der Waals surface area (Å²) in [5, 5.41) is 0.945.